The molecule has 0 fully saturated rings. The summed E-state index contributed by atoms with van der Waals surface area (Å²) in [6.45, 7) is 0. The average Bonchev–Trinajstić information content (AvgIpc) is 2.68. The van der Waals surface area contributed by atoms with Crippen LogP contribution in [0.5, 0.6) is 5.75 Å². The van der Waals surface area contributed by atoms with Gasteiger partial charge in [-0.1, -0.05) is 23.7 Å². The lowest BCUT2D eigenvalue weighted by Crippen LogP contribution is -2.29. The smallest absolute Gasteiger partial charge is 0.343 e. The molecular weight excluding hydrogens is 384 g/mol. The highest BCUT2D eigenvalue weighted by Gasteiger charge is 2.35. The molecule has 0 unspecified atom stereocenters. The van der Waals surface area contributed by atoms with Crippen molar-refractivity contribution in [2.24, 2.45) is 0 Å². The van der Waals surface area contributed by atoms with Crippen molar-refractivity contribution in [2.45, 2.75) is 12.3 Å². The minimum Gasteiger partial charge on any atom is -0.464 e. The second-order valence-corrected chi connectivity index (χ2v) is 6.96. The van der Waals surface area contributed by atoms with Crippen LogP contribution in [0.4, 0.5) is 0 Å². The zero-order chi connectivity index (χ0) is 19.4. The molecule has 6 nitrogen and oxygen atoms in total. The Labute approximate surface area is 161 Å². The van der Waals surface area contributed by atoms with E-state index in [-0.39, 0.29) is 34.1 Å². The topological polar surface area (TPSA) is 86.7 Å². The van der Waals surface area contributed by atoms with Crippen LogP contribution in [0, 0.1) is 0 Å². The summed E-state index contributed by atoms with van der Waals surface area (Å²) in [5, 5.41) is 1.14. The van der Waals surface area contributed by atoms with Crippen molar-refractivity contribution in [1.29, 1.82) is 0 Å². The van der Waals surface area contributed by atoms with Gasteiger partial charge in [-0.05, 0) is 30.3 Å². The Kier molecular flexibility index (Phi) is 3.64. The van der Waals surface area contributed by atoms with Crippen LogP contribution in [0.2, 0.25) is 5.02 Å². The van der Waals surface area contributed by atoms with Gasteiger partial charge in [-0.2, -0.15) is 0 Å². The van der Waals surface area contributed by atoms with E-state index in [1.165, 1.54) is 12.3 Å². The largest absolute Gasteiger partial charge is 0.464 e. The Bertz CT molecular complexity index is 1400. The lowest BCUT2D eigenvalue weighted by molar-refractivity contribution is -0.135. The number of carbonyl (C=O) groups excluding carboxylic acids is 1. The van der Waals surface area contributed by atoms with Gasteiger partial charge in [-0.25, -0.2) is 4.79 Å². The summed E-state index contributed by atoms with van der Waals surface area (Å²) in [5.74, 6) is -1.26. The molecule has 0 saturated heterocycles. The minimum atomic E-state index is -0.836. The van der Waals surface area contributed by atoms with Crippen LogP contribution in [-0.2, 0) is 4.79 Å². The summed E-state index contributed by atoms with van der Waals surface area (Å²) in [7, 11) is 0. The standard InChI is InChI=1S/C21H11ClO6/c22-10-5-6-15-13(7-10)19(24)14(9-26-15)12-8-17(23)28-20-11-3-1-2-4-16(11)27-21(25)18(12)20/h1-7,9,12H,8H2/t12-/m1/s1. The van der Waals surface area contributed by atoms with Crippen molar-refractivity contribution in [2.75, 3.05) is 0 Å². The van der Waals surface area contributed by atoms with Gasteiger partial charge >= 0.3 is 11.6 Å². The van der Waals surface area contributed by atoms with E-state index in [0.717, 1.165) is 0 Å². The number of halogens is 1. The Morgan fingerprint density at radius 3 is 2.64 bits per heavy atom. The third-order valence-electron chi connectivity index (χ3n) is 4.87. The molecule has 1 atom stereocenters. The number of rotatable bonds is 1. The zero-order valence-electron chi connectivity index (χ0n) is 14.2. The van der Waals surface area contributed by atoms with E-state index in [1.807, 2.05) is 0 Å². The van der Waals surface area contributed by atoms with Gasteiger partial charge in [-0.3, -0.25) is 9.59 Å². The molecule has 0 aliphatic carbocycles. The second kappa shape index (κ2) is 6.07. The van der Waals surface area contributed by atoms with Gasteiger partial charge in [0.25, 0.3) is 0 Å². The van der Waals surface area contributed by atoms with Gasteiger partial charge in [0.15, 0.2) is 11.2 Å². The number of hydrogen-bond acceptors (Lipinski definition) is 6. The molecule has 1 aliphatic rings. The summed E-state index contributed by atoms with van der Waals surface area (Å²) in [6.07, 6.45) is 1.10. The van der Waals surface area contributed by atoms with Crippen molar-refractivity contribution in [3.05, 3.63) is 85.5 Å². The van der Waals surface area contributed by atoms with Crippen molar-refractivity contribution < 1.29 is 18.4 Å². The molecule has 2 aromatic carbocycles. The number of ether oxygens (including phenoxy) is 1. The second-order valence-electron chi connectivity index (χ2n) is 6.52. The number of carbonyl (C=O) groups is 1. The Hall–Kier alpha value is -3.38. The first-order chi connectivity index (χ1) is 13.5. The molecule has 0 N–H and O–H groups in total. The fraction of sp³-hybridized carbons (Fsp3) is 0.0952. The predicted octanol–water partition coefficient (Wildman–Crippen LogP) is 3.99. The summed E-state index contributed by atoms with van der Waals surface area (Å²) in [5.41, 5.74) is -0.0414. The van der Waals surface area contributed by atoms with E-state index in [0.29, 0.717) is 21.6 Å². The zero-order valence-corrected chi connectivity index (χ0v) is 15.0. The number of fused-ring (bicyclic) bond motifs is 4. The maximum atomic E-state index is 13.1. The first-order valence-corrected chi connectivity index (χ1v) is 8.88. The molecular formula is C21H11ClO6. The summed E-state index contributed by atoms with van der Waals surface area (Å²) in [6, 6.07) is 11.5. The summed E-state index contributed by atoms with van der Waals surface area (Å²) < 4.78 is 16.3. The molecule has 0 saturated carbocycles. The molecule has 0 bridgehead atoms. The summed E-state index contributed by atoms with van der Waals surface area (Å²) in [4.78, 5) is 38.0. The molecule has 0 radical (unpaired) electrons. The molecule has 5 rings (SSSR count). The van der Waals surface area contributed by atoms with Gasteiger partial charge < -0.3 is 13.6 Å². The first-order valence-electron chi connectivity index (χ1n) is 8.50. The quantitative estimate of drug-likeness (QED) is 0.358. The van der Waals surface area contributed by atoms with E-state index in [4.69, 9.17) is 25.2 Å². The molecule has 28 heavy (non-hydrogen) atoms. The third kappa shape index (κ3) is 2.46. The normalized spacial score (nSPS) is 16.2. The van der Waals surface area contributed by atoms with Crippen LogP contribution < -0.4 is 15.8 Å². The Morgan fingerprint density at radius 2 is 1.79 bits per heavy atom. The van der Waals surface area contributed by atoms with Gasteiger partial charge in [0, 0.05) is 16.5 Å². The number of hydrogen-bond donors (Lipinski definition) is 0. The van der Waals surface area contributed by atoms with Crippen LogP contribution in [0.3, 0.4) is 0 Å². The van der Waals surface area contributed by atoms with Crippen LogP contribution in [0.25, 0.3) is 21.9 Å². The summed E-state index contributed by atoms with van der Waals surface area (Å²) >= 11 is 6.00. The lowest BCUT2D eigenvalue weighted by atomic mass is 9.87. The molecule has 4 aromatic rings. The predicted molar refractivity (Wildman–Crippen MR) is 102 cm³/mol. The van der Waals surface area contributed by atoms with Gasteiger partial charge in [0.05, 0.1) is 29.0 Å². The molecule has 1 aliphatic heterocycles. The minimum absolute atomic E-state index is 0.124. The van der Waals surface area contributed by atoms with Crippen molar-refractivity contribution in [3.63, 3.8) is 0 Å². The fourth-order valence-electron chi connectivity index (χ4n) is 3.59. The van der Waals surface area contributed by atoms with Gasteiger partial charge in [-0.15, -0.1) is 0 Å². The molecule has 2 aromatic heterocycles. The Balaban J connectivity index is 1.82. The number of para-hydroxylation sites is 1. The highest BCUT2D eigenvalue weighted by Crippen LogP contribution is 2.40. The molecule has 0 amide bonds. The fourth-order valence-corrected chi connectivity index (χ4v) is 3.77. The van der Waals surface area contributed by atoms with Crippen molar-refractivity contribution in [1.82, 2.24) is 0 Å². The SMILES string of the molecule is O=C1C[C@H](c2coc3ccc(Cl)cc3c2=O)c2c(c3ccccc3oc2=O)O1. The van der Waals surface area contributed by atoms with Crippen LogP contribution in [0.15, 0.2) is 67.2 Å². The first kappa shape index (κ1) is 16.8. The third-order valence-corrected chi connectivity index (χ3v) is 5.11. The highest BCUT2D eigenvalue weighted by atomic mass is 35.5. The number of esters is 1. The molecule has 7 heteroatoms. The molecule has 3 heterocycles. The monoisotopic (exact) mass is 394 g/mol. The molecule has 138 valence electrons. The van der Waals surface area contributed by atoms with E-state index in [2.05, 4.69) is 0 Å². The average molecular weight is 395 g/mol. The number of benzene rings is 2. The maximum Gasteiger partial charge on any atom is 0.343 e. The maximum absolute atomic E-state index is 13.1. The van der Waals surface area contributed by atoms with E-state index >= 15 is 0 Å². The van der Waals surface area contributed by atoms with E-state index in [9.17, 15) is 14.4 Å². The van der Waals surface area contributed by atoms with Crippen LogP contribution in [-0.4, -0.2) is 5.97 Å². The lowest BCUT2D eigenvalue weighted by Gasteiger charge is -2.23. The van der Waals surface area contributed by atoms with Crippen molar-refractivity contribution >= 4 is 39.5 Å². The highest BCUT2D eigenvalue weighted by molar-refractivity contribution is 6.31. The molecule has 0 spiro atoms. The Morgan fingerprint density at radius 1 is 0.964 bits per heavy atom. The van der Waals surface area contributed by atoms with Crippen LogP contribution >= 0.6 is 11.6 Å². The van der Waals surface area contributed by atoms with Gasteiger partial charge in [0.1, 0.15) is 11.2 Å². The van der Waals surface area contributed by atoms with E-state index < -0.39 is 17.5 Å². The van der Waals surface area contributed by atoms with Crippen LogP contribution in [0.1, 0.15) is 23.5 Å². The van der Waals surface area contributed by atoms with Crippen molar-refractivity contribution in [3.8, 4) is 5.75 Å². The van der Waals surface area contributed by atoms with Gasteiger partial charge in [0.2, 0.25) is 0 Å². The van der Waals surface area contributed by atoms with E-state index in [1.54, 1.807) is 36.4 Å².